The van der Waals surface area contributed by atoms with Gasteiger partial charge in [0.05, 0.1) is 22.8 Å². The number of halogens is 1. The normalized spacial score (nSPS) is 11.7. The lowest BCUT2D eigenvalue weighted by Gasteiger charge is -2.18. The number of carbonyl (C=O) groups is 1. The zero-order chi connectivity index (χ0) is 22.1. The van der Waals surface area contributed by atoms with E-state index in [9.17, 15) is 17.6 Å². The van der Waals surface area contributed by atoms with Crippen molar-refractivity contribution in [1.29, 1.82) is 0 Å². The minimum absolute atomic E-state index is 0.0863. The van der Waals surface area contributed by atoms with Gasteiger partial charge in [0, 0.05) is 7.05 Å². The Morgan fingerprint density at radius 1 is 1.13 bits per heavy atom. The van der Waals surface area contributed by atoms with Crippen LogP contribution in [0, 0.1) is 26.6 Å². The fraction of sp³-hybridized carbons (Fsp3) is 0.263. The van der Waals surface area contributed by atoms with Crippen LogP contribution in [-0.2, 0) is 14.8 Å². The molecule has 1 N–H and O–H groups in total. The Morgan fingerprint density at radius 2 is 1.87 bits per heavy atom. The average molecular weight is 432 g/mol. The monoisotopic (exact) mass is 432 g/mol. The maximum Gasteiger partial charge on any atom is 0.243 e. The van der Waals surface area contributed by atoms with E-state index in [1.54, 1.807) is 19.1 Å². The van der Waals surface area contributed by atoms with Gasteiger partial charge >= 0.3 is 0 Å². The average Bonchev–Trinajstić information content (AvgIpc) is 3.11. The molecule has 2 aromatic carbocycles. The summed E-state index contributed by atoms with van der Waals surface area (Å²) in [6, 6.07) is 8.75. The molecule has 30 heavy (non-hydrogen) atoms. The molecule has 158 valence electrons. The highest BCUT2D eigenvalue weighted by molar-refractivity contribution is 7.89. The third-order valence-corrected chi connectivity index (χ3v) is 6.45. The quantitative estimate of drug-likeness (QED) is 0.638. The van der Waals surface area contributed by atoms with E-state index in [0.717, 1.165) is 15.4 Å². The number of nitrogens with zero attached hydrogens (tertiary/aromatic N) is 5. The number of sulfonamides is 1. The number of aryl methyl sites for hydroxylation is 3. The van der Waals surface area contributed by atoms with Gasteiger partial charge in [0.2, 0.25) is 15.9 Å². The van der Waals surface area contributed by atoms with Crippen LogP contribution < -0.4 is 5.32 Å². The lowest BCUT2D eigenvalue weighted by atomic mass is 10.1. The van der Waals surface area contributed by atoms with Gasteiger partial charge in [0.1, 0.15) is 5.82 Å². The van der Waals surface area contributed by atoms with E-state index in [2.05, 4.69) is 20.8 Å². The Bertz CT molecular complexity index is 1210. The lowest BCUT2D eigenvalue weighted by molar-refractivity contribution is -0.116. The molecule has 0 radical (unpaired) electrons. The van der Waals surface area contributed by atoms with Crippen LogP contribution in [0.25, 0.3) is 5.69 Å². The van der Waals surface area contributed by atoms with Gasteiger partial charge in [-0.2, -0.15) is 8.99 Å². The molecule has 3 rings (SSSR count). The minimum Gasteiger partial charge on any atom is -0.322 e. The Balaban J connectivity index is 1.76. The molecule has 11 heteroatoms. The molecule has 0 bridgehead atoms. The van der Waals surface area contributed by atoms with Crippen LogP contribution in [0.3, 0.4) is 0 Å². The molecular formula is C19H21FN6O3S. The highest BCUT2D eigenvalue weighted by Crippen LogP contribution is 2.20. The highest BCUT2D eigenvalue weighted by atomic mass is 32.2. The number of amides is 1. The van der Waals surface area contributed by atoms with Crippen LogP contribution in [0.4, 0.5) is 10.1 Å². The molecule has 0 fully saturated rings. The van der Waals surface area contributed by atoms with Crippen LogP contribution in [0.1, 0.15) is 17.0 Å². The molecule has 0 aliphatic carbocycles. The van der Waals surface area contributed by atoms with E-state index in [1.165, 1.54) is 36.0 Å². The van der Waals surface area contributed by atoms with Crippen molar-refractivity contribution in [2.24, 2.45) is 0 Å². The Morgan fingerprint density at radius 3 is 2.50 bits per heavy atom. The lowest BCUT2D eigenvalue weighted by Crippen LogP contribution is -2.35. The van der Waals surface area contributed by atoms with E-state index in [0.29, 0.717) is 11.5 Å². The van der Waals surface area contributed by atoms with Crippen molar-refractivity contribution in [3.63, 3.8) is 0 Å². The molecule has 0 saturated carbocycles. The second-order valence-corrected chi connectivity index (χ2v) is 8.90. The molecule has 0 unspecified atom stereocenters. The largest absolute Gasteiger partial charge is 0.322 e. The summed E-state index contributed by atoms with van der Waals surface area (Å²) < 4.78 is 42.0. The van der Waals surface area contributed by atoms with Crippen LogP contribution in [-0.4, -0.2) is 52.4 Å². The topological polar surface area (TPSA) is 110 Å². The van der Waals surface area contributed by atoms with Crippen LogP contribution >= 0.6 is 0 Å². The number of likely N-dealkylation sites (N-methyl/N-ethyl adjacent to an activating group) is 1. The zero-order valence-electron chi connectivity index (χ0n) is 16.9. The van der Waals surface area contributed by atoms with Gasteiger partial charge in [-0.25, -0.2) is 12.8 Å². The van der Waals surface area contributed by atoms with Crippen molar-refractivity contribution in [3.05, 3.63) is 59.2 Å². The van der Waals surface area contributed by atoms with Crippen molar-refractivity contribution >= 4 is 21.6 Å². The first-order valence-corrected chi connectivity index (χ1v) is 10.4. The maximum absolute atomic E-state index is 14.2. The minimum atomic E-state index is -3.88. The molecule has 0 aliphatic rings. The number of hydrogen-bond donors (Lipinski definition) is 1. The summed E-state index contributed by atoms with van der Waals surface area (Å²) in [4.78, 5) is 12.5. The first-order chi connectivity index (χ1) is 14.1. The molecule has 3 aromatic rings. The van der Waals surface area contributed by atoms with Crippen molar-refractivity contribution in [3.8, 4) is 5.69 Å². The maximum atomic E-state index is 14.2. The number of nitrogens with one attached hydrogen (secondary N) is 1. The molecule has 1 aromatic heterocycles. The Kier molecular flexibility index (Phi) is 5.94. The number of rotatable bonds is 6. The Labute approximate surface area is 173 Å². The fourth-order valence-electron chi connectivity index (χ4n) is 2.74. The van der Waals surface area contributed by atoms with Crippen LogP contribution in [0.2, 0.25) is 0 Å². The van der Waals surface area contributed by atoms with E-state index < -0.39 is 28.3 Å². The second kappa shape index (κ2) is 8.28. The molecule has 0 aliphatic heterocycles. The summed E-state index contributed by atoms with van der Waals surface area (Å²) in [5.41, 5.74) is 2.13. The van der Waals surface area contributed by atoms with Gasteiger partial charge in [0.15, 0.2) is 5.82 Å². The number of benzene rings is 2. The number of tetrazole rings is 1. The van der Waals surface area contributed by atoms with Crippen molar-refractivity contribution in [1.82, 2.24) is 24.5 Å². The van der Waals surface area contributed by atoms with Gasteiger partial charge < -0.3 is 5.32 Å². The zero-order valence-corrected chi connectivity index (χ0v) is 17.7. The molecule has 1 amide bonds. The van der Waals surface area contributed by atoms with E-state index in [-0.39, 0.29) is 10.6 Å². The van der Waals surface area contributed by atoms with Gasteiger partial charge in [-0.05, 0) is 72.7 Å². The number of carbonyl (C=O) groups excluding carboxylic acids is 1. The summed E-state index contributed by atoms with van der Waals surface area (Å²) in [7, 11) is -2.58. The van der Waals surface area contributed by atoms with E-state index in [1.807, 2.05) is 13.8 Å². The van der Waals surface area contributed by atoms with Gasteiger partial charge in [0.25, 0.3) is 0 Å². The van der Waals surface area contributed by atoms with Crippen molar-refractivity contribution in [2.75, 3.05) is 18.9 Å². The standard InChI is InChI=1S/C19H21FN6O3S/c1-12-5-7-16(9-13(12)2)30(28,29)25(4)11-19(27)21-18-10-15(6-8-17(18)20)26-14(3)22-23-24-26/h5-10H,11H2,1-4H3,(H,21,27). The van der Waals surface area contributed by atoms with E-state index in [4.69, 9.17) is 0 Å². The molecule has 1 heterocycles. The van der Waals surface area contributed by atoms with Gasteiger partial charge in [-0.3, -0.25) is 4.79 Å². The third kappa shape index (κ3) is 4.36. The fourth-order valence-corrected chi connectivity index (χ4v) is 3.96. The highest BCUT2D eigenvalue weighted by Gasteiger charge is 2.24. The Hall–Kier alpha value is -3.18. The summed E-state index contributed by atoms with van der Waals surface area (Å²) in [5, 5.41) is 13.5. The number of hydrogen-bond acceptors (Lipinski definition) is 6. The second-order valence-electron chi connectivity index (χ2n) is 6.86. The first-order valence-electron chi connectivity index (χ1n) is 8.98. The SMILES string of the molecule is Cc1ccc(S(=O)(=O)N(C)CC(=O)Nc2cc(-n3nnnc3C)ccc2F)cc1C. The molecule has 0 saturated heterocycles. The van der Waals surface area contributed by atoms with Crippen molar-refractivity contribution < 1.29 is 17.6 Å². The van der Waals surface area contributed by atoms with Crippen LogP contribution in [0.15, 0.2) is 41.3 Å². The molecule has 9 nitrogen and oxygen atoms in total. The van der Waals surface area contributed by atoms with E-state index >= 15 is 0 Å². The molecule has 0 atom stereocenters. The van der Waals surface area contributed by atoms with Crippen LogP contribution in [0.5, 0.6) is 0 Å². The van der Waals surface area contributed by atoms with Crippen molar-refractivity contribution in [2.45, 2.75) is 25.7 Å². The summed E-state index contributed by atoms with van der Waals surface area (Å²) >= 11 is 0. The smallest absolute Gasteiger partial charge is 0.243 e. The van der Waals surface area contributed by atoms with Gasteiger partial charge in [-0.1, -0.05) is 6.07 Å². The first kappa shape index (κ1) is 21.5. The summed E-state index contributed by atoms with van der Waals surface area (Å²) in [6.07, 6.45) is 0. The summed E-state index contributed by atoms with van der Waals surface area (Å²) in [6.45, 7) is 4.88. The number of aromatic nitrogens is 4. The predicted octanol–water partition coefficient (Wildman–Crippen LogP) is 1.99. The van der Waals surface area contributed by atoms with Gasteiger partial charge in [-0.15, -0.1) is 5.10 Å². The predicted molar refractivity (Wildman–Crippen MR) is 108 cm³/mol. The molecule has 0 spiro atoms. The molecular weight excluding hydrogens is 411 g/mol. The summed E-state index contributed by atoms with van der Waals surface area (Å²) in [5.74, 6) is -0.870. The third-order valence-electron chi connectivity index (χ3n) is 4.65. The number of anilines is 1.